The number of hydrogen-bond acceptors (Lipinski definition) is 4. The predicted octanol–water partition coefficient (Wildman–Crippen LogP) is 2.78. The van der Waals surface area contributed by atoms with Crippen molar-refractivity contribution in [1.82, 2.24) is 14.8 Å². The minimum absolute atomic E-state index is 0.226. The van der Waals surface area contributed by atoms with E-state index >= 15 is 0 Å². The van der Waals surface area contributed by atoms with Gasteiger partial charge >= 0.3 is 5.69 Å². The number of Topliss-reactive ketones (excluding diaryl/α,β-unsaturated/α-hetero) is 1. The minimum atomic E-state index is -0.419. The smallest absolute Gasteiger partial charge is 0.294 e. The number of carbonyl (C=O) groups excluding carboxylic acids is 1. The molecule has 7 heteroatoms. The zero-order valence-corrected chi connectivity index (χ0v) is 12.9. The van der Waals surface area contributed by atoms with Crippen LogP contribution in [-0.2, 0) is 6.54 Å². The molecule has 0 spiro atoms. The van der Waals surface area contributed by atoms with Crippen molar-refractivity contribution in [1.29, 1.82) is 0 Å². The summed E-state index contributed by atoms with van der Waals surface area (Å²) in [5.41, 5.74) is 0.451. The molecule has 5 nitrogen and oxygen atoms in total. The van der Waals surface area contributed by atoms with Crippen LogP contribution in [0.1, 0.15) is 36.2 Å². The van der Waals surface area contributed by atoms with Gasteiger partial charge in [-0.1, -0.05) is 6.92 Å². The molecule has 0 bridgehead atoms. The van der Waals surface area contributed by atoms with Crippen LogP contribution in [0.15, 0.2) is 27.0 Å². The Labute approximate surface area is 125 Å². The molecule has 0 aliphatic heterocycles. The maximum Gasteiger partial charge on any atom is 0.343 e. The van der Waals surface area contributed by atoms with Crippen molar-refractivity contribution >= 4 is 17.5 Å². The van der Waals surface area contributed by atoms with Gasteiger partial charge < -0.3 is 0 Å². The van der Waals surface area contributed by atoms with Gasteiger partial charge in [-0.3, -0.25) is 9.36 Å². The monoisotopic (exact) mass is 309 g/mol. The van der Waals surface area contributed by atoms with Crippen LogP contribution in [0.5, 0.6) is 0 Å². The molecular formula is C14H16FN3O2S. The lowest BCUT2D eigenvalue weighted by molar-refractivity contribution is 0.101. The average Bonchev–Trinajstić information content (AvgIpc) is 2.75. The van der Waals surface area contributed by atoms with Crippen molar-refractivity contribution in [3.8, 4) is 0 Å². The van der Waals surface area contributed by atoms with Gasteiger partial charge in [-0.15, -0.1) is 5.10 Å². The number of nitrogens with one attached hydrogen (secondary N) is 1. The van der Waals surface area contributed by atoms with Crippen LogP contribution < -0.4 is 5.69 Å². The predicted molar refractivity (Wildman–Crippen MR) is 78.4 cm³/mol. The molecule has 0 unspecified atom stereocenters. The highest BCUT2D eigenvalue weighted by molar-refractivity contribution is 7.99. The van der Waals surface area contributed by atoms with Gasteiger partial charge in [0.25, 0.3) is 0 Å². The Bertz CT molecular complexity index is 736. The third-order valence-electron chi connectivity index (χ3n) is 3.01. The van der Waals surface area contributed by atoms with E-state index in [1.807, 2.05) is 6.92 Å². The standard InChI is InChI=1S/C14H16FN3O2S/c1-4-5-18-13(20)16-17-14(18)21-12-6-8(2)11(15)7-10(12)9(3)19/h6-7H,4-5H2,1-3H3,(H,16,20). The van der Waals surface area contributed by atoms with Crippen molar-refractivity contribution in [2.75, 3.05) is 0 Å². The molecule has 1 aromatic carbocycles. The van der Waals surface area contributed by atoms with Gasteiger partial charge in [0.1, 0.15) is 5.82 Å². The number of ketones is 1. The van der Waals surface area contributed by atoms with Crippen LogP contribution in [0.25, 0.3) is 0 Å². The summed E-state index contributed by atoms with van der Waals surface area (Å²) in [4.78, 5) is 23.9. The summed E-state index contributed by atoms with van der Waals surface area (Å²) in [6.45, 7) is 5.51. The van der Waals surface area contributed by atoms with Gasteiger partial charge in [0.15, 0.2) is 10.9 Å². The highest BCUT2D eigenvalue weighted by Gasteiger charge is 2.16. The molecule has 1 N–H and O–H groups in total. The molecule has 0 aliphatic rings. The Morgan fingerprint density at radius 2 is 2.19 bits per heavy atom. The fourth-order valence-electron chi connectivity index (χ4n) is 1.91. The van der Waals surface area contributed by atoms with E-state index < -0.39 is 5.82 Å². The topological polar surface area (TPSA) is 67.8 Å². The van der Waals surface area contributed by atoms with Crippen molar-refractivity contribution < 1.29 is 9.18 Å². The van der Waals surface area contributed by atoms with Crippen LogP contribution in [0.2, 0.25) is 0 Å². The van der Waals surface area contributed by atoms with Crippen LogP contribution in [-0.4, -0.2) is 20.5 Å². The number of hydrogen-bond donors (Lipinski definition) is 1. The first kappa shape index (κ1) is 15.5. The largest absolute Gasteiger partial charge is 0.343 e. The number of carbonyl (C=O) groups is 1. The van der Waals surface area contributed by atoms with E-state index in [4.69, 9.17) is 0 Å². The fourth-order valence-corrected chi connectivity index (χ4v) is 3.04. The molecule has 0 amide bonds. The molecule has 0 radical (unpaired) electrons. The number of rotatable bonds is 5. The summed E-state index contributed by atoms with van der Waals surface area (Å²) in [6.07, 6.45) is 0.787. The molecule has 1 aromatic heterocycles. The summed E-state index contributed by atoms with van der Waals surface area (Å²) in [6, 6.07) is 2.83. The molecule has 2 aromatic rings. The Kier molecular flexibility index (Phi) is 4.62. The Morgan fingerprint density at radius 3 is 2.81 bits per heavy atom. The van der Waals surface area contributed by atoms with Gasteiger partial charge in [-0.25, -0.2) is 14.3 Å². The summed E-state index contributed by atoms with van der Waals surface area (Å²) in [5, 5.41) is 6.83. The molecule has 2 rings (SSSR count). The maximum absolute atomic E-state index is 13.6. The lowest BCUT2D eigenvalue weighted by Gasteiger charge is -2.09. The van der Waals surface area contributed by atoms with Gasteiger partial charge in [0.2, 0.25) is 0 Å². The number of aromatic nitrogens is 3. The molecule has 112 valence electrons. The van der Waals surface area contributed by atoms with E-state index in [2.05, 4.69) is 10.2 Å². The number of halogens is 1. The third-order valence-corrected chi connectivity index (χ3v) is 4.06. The summed E-state index contributed by atoms with van der Waals surface area (Å²) >= 11 is 1.19. The van der Waals surface area contributed by atoms with Gasteiger partial charge in [-0.05, 0) is 49.7 Å². The van der Waals surface area contributed by atoms with Crippen molar-refractivity contribution in [3.05, 3.63) is 39.6 Å². The first-order chi connectivity index (χ1) is 9.93. The lowest BCUT2D eigenvalue weighted by Crippen LogP contribution is -2.17. The fraction of sp³-hybridized carbons (Fsp3) is 0.357. The van der Waals surface area contributed by atoms with E-state index in [1.165, 1.54) is 29.3 Å². The molecule has 1 heterocycles. The van der Waals surface area contributed by atoms with Gasteiger partial charge in [-0.2, -0.15) is 0 Å². The van der Waals surface area contributed by atoms with E-state index in [0.717, 1.165) is 6.42 Å². The second kappa shape index (κ2) is 6.26. The summed E-state index contributed by atoms with van der Waals surface area (Å²) < 4.78 is 15.1. The molecular weight excluding hydrogens is 293 g/mol. The highest BCUT2D eigenvalue weighted by atomic mass is 32.2. The SMILES string of the molecule is CCCn1c(Sc2cc(C)c(F)cc2C(C)=O)n[nH]c1=O. The number of nitrogens with zero attached hydrogens (tertiary/aromatic N) is 2. The van der Waals surface area contributed by atoms with Crippen molar-refractivity contribution in [2.24, 2.45) is 0 Å². The zero-order valence-electron chi connectivity index (χ0n) is 12.1. The first-order valence-corrected chi connectivity index (χ1v) is 7.39. The van der Waals surface area contributed by atoms with Gasteiger partial charge in [0.05, 0.1) is 0 Å². The lowest BCUT2D eigenvalue weighted by atomic mass is 10.1. The van der Waals surface area contributed by atoms with Crippen LogP contribution in [0.3, 0.4) is 0 Å². The third kappa shape index (κ3) is 3.24. The number of aryl methyl sites for hydroxylation is 1. The number of benzene rings is 1. The molecule has 0 saturated heterocycles. The Balaban J connectivity index is 2.46. The Morgan fingerprint density at radius 1 is 1.48 bits per heavy atom. The van der Waals surface area contributed by atoms with E-state index in [9.17, 15) is 14.0 Å². The molecule has 21 heavy (non-hydrogen) atoms. The normalized spacial score (nSPS) is 10.9. The van der Waals surface area contributed by atoms with Crippen molar-refractivity contribution in [3.63, 3.8) is 0 Å². The first-order valence-electron chi connectivity index (χ1n) is 6.58. The summed E-state index contributed by atoms with van der Waals surface area (Å²) in [5.74, 6) is -0.645. The minimum Gasteiger partial charge on any atom is -0.294 e. The molecule has 0 aliphatic carbocycles. The zero-order chi connectivity index (χ0) is 15.6. The van der Waals surface area contributed by atoms with E-state index in [1.54, 1.807) is 13.0 Å². The second-order valence-electron chi connectivity index (χ2n) is 4.72. The van der Waals surface area contributed by atoms with E-state index in [0.29, 0.717) is 27.7 Å². The van der Waals surface area contributed by atoms with Crippen molar-refractivity contribution in [2.45, 2.75) is 43.8 Å². The molecule has 0 saturated carbocycles. The second-order valence-corrected chi connectivity index (χ2v) is 5.73. The summed E-state index contributed by atoms with van der Waals surface area (Å²) in [7, 11) is 0. The Hall–Kier alpha value is -1.89. The quantitative estimate of drug-likeness (QED) is 0.862. The van der Waals surface area contributed by atoms with E-state index in [-0.39, 0.29) is 11.5 Å². The molecule has 0 atom stereocenters. The van der Waals surface area contributed by atoms with Gasteiger partial charge in [0, 0.05) is 17.0 Å². The average molecular weight is 309 g/mol. The highest BCUT2D eigenvalue weighted by Crippen LogP contribution is 2.30. The number of aromatic amines is 1. The maximum atomic E-state index is 13.6. The molecule has 0 fully saturated rings. The van der Waals surface area contributed by atoms with Crippen LogP contribution in [0, 0.1) is 12.7 Å². The van der Waals surface area contributed by atoms with Crippen LogP contribution >= 0.6 is 11.8 Å². The number of H-pyrrole nitrogens is 1. The van der Waals surface area contributed by atoms with Crippen LogP contribution in [0.4, 0.5) is 4.39 Å².